The number of carbonyl (C=O) groups is 2. The van der Waals surface area contributed by atoms with E-state index >= 15 is 0 Å². The minimum atomic E-state index is -0.373. The number of ether oxygens (including phenoxy) is 3. The highest BCUT2D eigenvalue weighted by molar-refractivity contribution is 5.85. The zero-order chi connectivity index (χ0) is 15.1. The Bertz CT molecular complexity index is 521. The first-order chi connectivity index (χ1) is 10.2. The largest absolute Gasteiger partial charge is 0.492 e. The van der Waals surface area contributed by atoms with Gasteiger partial charge >= 0.3 is 0 Å². The molecule has 0 saturated carbocycles. The summed E-state index contributed by atoms with van der Waals surface area (Å²) in [6.07, 6.45) is 0. The lowest BCUT2D eigenvalue weighted by Crippen LogP contribution is -2.40. The number of fused-ring (bicyclic) bond motifs is 1. The minimum absolute atomic E-state index is 0.0972. The van der Waals surface area contributed by atoms with Crippen molar-refractivity contribution in [3.05, 3.63) is 18.2 Å². The highest BCUT2D eigenvalue weighted by atomic mass is 16.7. The van der Waals surface area contributed by atoms with E-state index in [1.54, 1.807) is 18.2 Å². The van der Waals surface area contributed by atoms with Gasteiger partial charge in [0.15, 0.2) is 11.5 Å². The quantitative estimate of drug-likeness (QED) is 0.555. The Labute approximate surface area is 121 Å². The van der Waals surface area contributed by atoms with Crippen LogP contribution < -0.4 is 30.6 Å². The number of carbonyl (C=O) groups excluding carboxylic acids is 2. The fourth-order valence-electron chi connectivity index (χ4n) is 1.64. The van der Waals surface area contributed by atoms with Crippen molar-refractivity contribution in [2.45, 2.75) is 0 Å². The number of benzene rings is 1. The molecule has 0 radical (unpaired) electrons. The molecule has 0 aromatic heterocycles. The van der Waals surface area contributed by atoms with Crippen LogP contribution in [0.5, 0.6) is 17.2 Å². The third kappa shape index (κ3) is 4.53. The minimum Gasteiger partial charge on any atom is -0.492 e. The predicted octanol–water partition coefficient (Wildman–Crippen LogP) is -1.01. The first kappa shape index (κ1) is 14.9. The van der Waals surface area contributed by atoms with E-state index in [4.69, 9.17) is 19.9 Å². The molecule has 114 valence electrons. The van der Waals surface area contributed by atoms with Crippen LogP contribution >= 0.6 is 0 Å². The fraction of sp³-hybridized carbons (Fsp3) is 0.385. The molecule has 8 heteroatoms. The van der Waals surface area contributed by atoms with Gasteiger partial charge in [-0.25, -0.2) is 0 Å². The Morgan fingerprint density at radius 3 is 2.81 bits per heavy atom. The molecule has 4 N–H and O–H groups in total. The summed E-state index contributed by atoms with van der Waals surface area (Å²) >= 11 is 0. The standard InChI is InChI=1S/C13H17N3O5/c14-6-12(17)16-7-13(18)15-3-4-19-9-1-2-10-11(5-9)21-8-20-10/h1-2,5H,3-4,6-8,14H2,(H,15,18)(H,16,17). The number of hydrogen-bond acceptors (Lipinski definition) is 6. The van der Waals surface area contributed by atoms with E-state index in [2.05, 4.69) is 10.6 Å². The Kier molecular flexibility index (Phi) is 5.22. The van der Waals surface area contributed by atoms with Crippen LogP contribution in [-0.2, 0) is 9.59 Å². The van der Waals surface area contributed by atoms with Gasteiger partial charge in [0.25, 0.3) is 0 Å². The van der Waals surface area contributed by atoms with E-state index in [0.29, 0.717) is 30.4 Å². The molecule has 0 spiro atoms. The molecule has 0 aliphatic carbocycles. The first-order valence-electron chi connectivity index (χ1n) is 6.45. The summed E-state index contributed by atoms with van der Waals surface area (Å²) < 4.78 is 15.9. The van der Waals surface area contributed by atoms with Crippen LogP contribution in [0.2, 0.25) is 0 Å². The van der Waals surface area contributed by atoms with Crippen LogP contribution in [0, 0.1) is 0 Å². The molecular formula is C13H17N3O5. The lowest BCUT2D eigenvalue weighted by Gasteiger charge is -2.08. The molecule has 0 saturated heterocycles. The van der Waals surface area contributed by atoms with Crippen molar-refractivity contribution in [3.63, 3.8) is 0 Å². The summed E-state index contributed by atoms with van der Waals surface area (Å²) in [7, 11) is 0. The van der Waals surface area contributed by atoms with Gasteiger partial charge in [0.2, 0.25) is 18.6 Å². The maximum Gasteiger partial charge on any atom is 0.239 e. The molecule has 2 rings (SSSR count). The van der Waals surface area contributed by atoms with E-state index in [9.17, 15) is 9.59 Å². The monoisotopic (exact) mass is 295 g/mol. The zero-order valence-electron chi connectivity index (χ0n) is 11.4. The van der Waals surface area contributed by atoms with E-state index in [-0.39, 0.29) is 31.7 Å². The van der Waals surface area contributed by atoms with Gasteiger partial charge in [0.1, 0.15) is 12.4 Å². The van der Waals surface area contributed by atoms with Gasteiger partial charge < -0.3 is 30.6 Å². The van der Waals surface area contributed by atoms with Gasteiger partial charge in [-0.05, 0) is 12.1 Å². The summed E-state index contributed by atoms with van der Waals surface area (Å²) in [5.41, 5.74) is 5.10. The van der Waals surface area contributed by atoms with Crippen LogP contribution in [-0.4, -0.2) is 44.8 Å². The molecule has 8 nitrogen and oxygen atoms in total. The van der Waals surface area contributed by atoms with E-state index in [0.717, 1.165) is 0 Å². The lowest BCUT2D eigenvalue weighted by molar-refractivity contribution is -0.125. The topological polar surface area (TPSA) is 112 Å². The van der Waals surface area contributed by atoms with Crippen molar-refractivity contribution in [1.29, 1.82) is 0 Å². The molecule has 1 heterocycles. The summed E-state index contributed by atoms with van der Waals surface area (Å²) in [5.74, 6) is 1.28. The van der Waals surface area contributed by atoms with Crippen LogP contribution in [0.15, 0.2) is 18.2 Å². The third-order valence-corrected chi connectivity index (χ3v) is 2.67. The summed E-state index contributed by atoms with van der Waals surface area (Å²) in [6.45, 7) is 0.603. The van der Waals surface area contributed by atoms with Crippen LogP contribution in [0.25, 0.3) is 0 Å². The second-order valence-electron chi connectivity index (χ2n) is 4.19. The Morgan fingerprint density at radius 1 is 1.19 bits per heavy atom. The Balaban J connectivity index is 1.63. The smallest absolute Gasteiger partial charge is 0.239 e. The van der Waals surface area contributed by atoms with Crippen molar-refractivity contribution in [1.82, 2.24) is 10.6 Å². The summed E-state index contributed by atoms with van der Waals surface area (Å²) in [4.78, 5) is 22.2. The van der Waals surface area contributed by atoms with Gasteiger partial charge in [-0.1, -0.05) is 0 Å². The molecule has 1 aliphatic rings. The van der Waals surface area contributed by atoms with Crippen LogP contribution in [0.4, 0.5) is 0 Å². The summed E-state index contributed by atoms with van der Waals surface area (Å²) in [5, 5.41) is 4.98. The fourth-order valence-corrected chi connectivity index (χ4v) is 1.64. The molecule has 0 atom stereocenters. The van der Waals surface area contributed by atoms with Crippen LogP contribution in [0.1, 0.15) is 0 Å². The van der Waals surface area contributed by atoms with Crippen molar-refractivity contribution < 1.29 is 23.8 Å². The van der Waals surface area contributed by atoms with E-state index < -0.39 is 0 Å². The van der Waals surface area contributed by atoms with Gasteiger partial charge in [-0.2, -0.15) is 0 Å². The molecule has 1 aliphatic heterocycles. The SMILES string of the molecule is NCC(=O)NCC(=O)NCCOc1ccc2c(c1)OCO2. The van der Waals surface area contributed by atoms with Gasteiger partial charge in [0.05, 0.1) is 19.6 Å². The highest BCUT2D eigenvalue weighted by Gasteiger charge is 2.13. The first-order valence-corrected chi connectivity index (χ1v) is 6.45. The predicted molar refractivity (Wildman–Crippen MR) is 73.1 cm³/mol. The molecule has 0 unspecified atom stereocenters. The number of rotatable bonds is 7. The van der Waals surface area contributed by atoms with Crippen LogP contribution in [0.3, 0.4) is 0 Å². The Morgan fingerprint density at radius 2 is 2.00 bits per heavy atom. The van der Waals surface area contributed by atoms with Crippen molar-refractivity contribution in [3.8, 4) is 17.2 Å². The van der Waals surface area contributed by atoms with E-state index in [1.165, 1.54) is 0 Å². The number of nitrogens with two attached hydrogens (primary N) is 1. The maximum atomic E-state index is 11.4. The average molecular weight is 295 g/mol. The molecule has 1 aromatic carbocycles. The molecule has 21 heavy (non-hydrogen) atoms. The zero-order valence-corrected chi connectivity index (χ0v) is 11.4. The van der Waals surface area contributed by atoms with Gasteiger partial charge in [-0.3, -0.25) is 9.59 Å². The van der Waals surface area contributed by atoms with Crippen molar-refractivity contribution in [2.24, 2.45) is 5.73 Å². The van der Waals surface area contributed by atoms with Crippen molar-refractivity contribution >= 4 is 11.8 Å². The second-order valence-corrected chi connectivity index (χ2v) is 4.19. The average Bonchev–Trinajstić information content (AvgIpc) is 2.96. The number of hydrogen-bond donors (Lipinski definition) is 3. The van der Waals surface area contributed by atoms with Gasteiger partial charge in [0, 0.05) is 6.07 Å². The molecule has 2 amide bonds. The van der Waals surface area contributed by atoms with E-state index in [1.807, 2.05) is 0 Å². The number of nitrogens with one attached hydrogen (secondary N) is 2. The second kappa shape index (κ2) is 7.34. The highest BCUT2D eigenvalue weighted by Crippen LogP contribution is 2.34. The molecule has 0 fully saturated rings. The molecular weight excluding hydrogens is 278 g/mol. The lowest BCUT2D eigenvalue weighted by atomic mass is 10.3. The normalized spacial score (nSPS) is 11.9. The Hall–Kier alpha value is -2.48. The van der Waals surface area contributed by atoms with Gasteiger partial charge in [-0.15, -0.1) is 0 Å². The molecule has 1 aromatic rings. The third-order valence-electron chi connectivity index (χ3n) is 2.67. The maximum absolute atomic E-state index is 11.4. The number of amides is 2. The molecule has 0 bridgehead atoms. The summed E-state index contributed by atoms with van der Waals surface area (Å²) in [6, 6.07) is 5.25. The van der Waals surface area contributed by atoms with Crippen molar-refractivity contribution in [2.75, 3.05) is 33.0 Å².